The number of benzene rings is 1. The minimum Gasteiger partial charge on any atom is -0.337 e. The summed E-state index contributed by atoms with van der Waals surface area (Å²) in [6.45, 7) is 4.14. The van der Waals surface area contributed by atoms with E-state index in [4.69, 9.17) is 4.52 Å². The van der Waals surface area contributed by atoms with Crippen molar-refractivity contribution in [3.63, 3.8) is 0 Å². The lowest BCUT2D eigenvalue weighted by Crippen LogP contribution is -2.49. The standard InChI is InChI=1S/C18H20N4O3S2/c1-14(18-19-17(20-25-18)15-6-3-2-4-7-15)21-9-11-22(12-10-21)27(23,24)16-8-5-13-26-16/h2-8,13-14H,9-12H2,1H3. The number of hydrogen-bond donors (Lipinski definition) is 0. The SMILES string of the molecule is CC(c1nc(-c2ccccc2)no1)N1CCN(S(=O)(=O)c2cccs2)CC1. The molecule has 1 unspecified atom stereocenters. The van der Waals surface area contributed by atoms with Gasteiger partial charge < -0.3 is 4.52 Å². The molecule has 7 nitrogen and oxygen atoms in total. The third-order valence-corrected chi connectivity index (χ3v) is 8.01. The van der Waals surface area contributed by atoms with E-state index in [1.807, 2.05) is 37.3 Å². The Morgan fingerprint density at radius 3 is 2.48 bits per heavy atom. The van der Waals surface area contributed by atoms with E-state index in [1.165, 1.54) is 11.3 Å². The lowest BCUT2D eigenvalue weighted by Gasteiger charge is -2.35. The highest BCUT2D eigenvalue weighted by Gasteiger charge is 2.32. The molecule has 1 aliphatic heterocycles. The second-order valence-corrected chi connectivity index (χ2v) is 9.48. The summed E-state index contributed by atoms with van der Waals surface area (Å²) in [5.41, 5.74) is 0.909. The van der Waals surface area contributed by atoms with E-state index in [0.29, 0.717) is 42.1 Å². The highest BCUT2D eigenvalue weighted by atomic mass is 32.2. The first-order chi connectivity index (χ1) is 13.1. The van der Waals surface area contributed by atoms with Gasteiger partial charge in [0.05, 0.1) is 6.04 Å². The van der Waals surface area contributed by atoms with Gasteiger partial charge in [-0.1, -0.05) is 41.6 Å². The average Bonchev–Trinajstić information content (AvgIpc) is 3.41. The Morgan fingerprint density at radius 1 is 1.07 bits per heavy atom. The maximum Gasteiger partial charge on any atom is 0.252 e. The van der Waals surface area contributed by atoms with Crippen molar-refractivity contribution in [1.29, 1.82) is 0 Å². The minimum atomic E-state index is -3.39. The molecule has 0 bridgehead atoms. The third kappa shape index (κ3) is 3.68. The zero-order valence-corrected chi connectivity index (χ0v) is 16.5. The van der Waals surface area contributed by atoms with Crippen LogP contribution in [0.5, 0.6) is 0 Å². The van der Waals surface area contributed by atoms with E-state index < -0.39 is 10.0 Å². The number of thiophene rings is 1. The average molecular weight is 405 g/mol. The molecule has 1 fully saturated rings. The van der Waals surface area contributed by atoms with Gasteiger partial charge in [-0.15, -0.1) is 11.3 Å². The Morgan fingerprint density at radius 2 is 1.81 bits per heavy atom. The van der Waals surface area contributed by atoms with Crippen LogP contribution in [0.15, 0.2) is 56.6 Å². The van der Waals surface area contributed by atoms with Crippen molar-refractivity contribution < 1.29 is 12.9 Å². The zero-order valence-electron chi connectivity index (χ0n) is 14.9. The van der Waals surface area contributed by atoms with Crippen molar-refractivity contribution >= 4 is 21.4 Å². The summed E-state index contributed by atoms with van der Waals surface area (Å²) in [6.07, 6.45) is 0. The molecule has 1 aromatic carbocycles. The maximum absolute atomic E-state index is 12.6. The van der Waals surface area contributed by atoms with E-state index >= 15 is 0 Å². The van der Waals surface area contributed by atoms with Gasteiger partial charge in [-0.2, -0.15) is 9.29 Å². The summed E-state index contributed by atoms with van der Waals surface area (Å²) in [5, 5.41) is 5.86. The van der Waals surface area contributed by atoms with Crippen molar-refractivity contribution in [2.24, 2.45) is 0 Å². The Bertz CT molecular complexity index is 979. The molecule has 2 aromatic heterocycles. The van der Waals surface area contributed by atoms with Crippen molar-refractivity contribution in [3.8, 4) is 11.4 Å². The molecule has 1 aliphatic rings. The van der Waals surface area contributed by atoms with Crippen LogP contribution in [0.4, 0.5) is 0 Å². The summed E-state index contributed by atoms with van der Waals surface area (Å²) >= 11 is 1.25. The normalized spacial score (nSPS) is 17.8. The molecule has 0 aliphatic carbocycles. The van der Waals surface area contributed by atoms with Gasteiger partial charge >= 0.3 is 0 Å². The van der Waals surface area contributed by atoms with Crippen molar-refractivity contribution in [3.05, 3.63) is 53.7 Å². The van der Waals surface area contributed by atoms with Gasteiger partial charge in [-0.3, -0.25) is 4.90 Å². The van der Waals surface area contributed by atoms with Crippen molar-refractivity contribution in [2.45, 2.75) is 17.2 Å². The molecule has 0 N–H and O–H groups in total. The third-order valence-electron chi connectivity index (χ3n) is 4.74. The van der Waals surface area contributed by atoms with Crippen LogP contribution in [0.2, 0.25) is 0 Å². The molecule has 1 atom stereocenters. The molecular formula is C18H20N4O3S2. The van der Waals surface area contributed by atoms with Crippen LogP contribution in [0.25, 0.3) is 11.4 Å². The fraction of sp³-hybridized carbons (Fsp3) is 0.333. The van der Waals surface area contributed by atoms with Crippen LogP contribution in [0.1, 0.15) is 18.9 Å². The van der Waals surface area contributed by atoms with E-state index in [2.05, 4.69) is 15.0 Å². The second-order valence-electron chi connectivity index (χ2n) is 6.37. The highest BCUT2D eigenvalue weighted by Crippen LogP contribution is 2.26. The summed E-state index contributed by atoms with van der Waals surface area (Å²) in [7, 11) is -3.39. The quantitative estimate of drug-likeness (QED) is 0.651. The molecule has 0 radical (unpaired) electrons. The van der Waals surface area contributed by atoms with Crippen LogP contribution in [-0.2, 0) is 10.0 Å². The molecule has 0 amide bonds. The molecule has 27 heavy (non-hydrogen) atoms. The molecule has 9 heteroatoms. The van der Waals surface area contributed by atoms with Gasteiger partial charge in [-0.25, -0.2) is 8.42 Å². The number of aromatic nitrogens is 2. The first-order valence-electron chi connectivity index (χ1n) is 8.72. The predicted octanol–water partition coefficient (Wildman–Crippen LogP) is 2.87. The van der Waals surface area contributed by atoms with Crippen LogP contribution < -0.4 is 0 Å². The van der Waals surface area contributed by atoms with Gasteiger partial charge in [0.15, 0.2) is 0 Å². The molecule has 142 valence electrons. The van der Waals surface area contributed by atoms with Gasteiger partial charge in [-0.05, 0) is 18.4 Å². The second kappa shape index (κ2) is 7.51. The lowest BCUT2D eigenvalue weighted by molar-refractivity contribution is 0.124. The molecule has 4 rings (SSSR count). The first kappa shape index (κ1) is 18.3. The van der Waals surface area contributed by atoms with Crippen LogP contribution in [-0.4, -0.2) is 53.9 Å². The van der Waals surface area contributed by atoms with Gasteiger partial charge in [0, 0.05) is 31.7 Å². The molecule has 0 spiro atoms. The summed E-state index contributed by atoms with van der Waals surface area (Å²) in [4.78, 5) is 6.68. The number of piperazine rings is 1. The lowest BCUT2D eigenvalue weighted by atomic mass is 10.2. The maximum atomic E-state index is 12.6. The van der Waals surface area contributed by atoms with Crippen LogP contribution in [0.3, 0.4) is 0 Å². The Balaban J connectivity index is 1.42. The Kier molecular flexibility index (Phi) is 5.09. The largest absolute Gasteiger partial charge is 0.337 e. The zero-order chi connectivity index (χ0) is 18.9. The summed E-state index contributed by atoms with van der Waals surface area (Å²) in [6, 6.07) is 13.0. The number of nitrogens with zero attached hydrogens (tertiary/aromatic N) is 4. The van der Waals surface area contributed by atoms with Crippen molar-refractivity contribution in [1.82, 2.24) is 19.3 Å². The highest BCUT2D eigenvalue weighted by molar-refractivity contribution is 7.91. The van der Waals surface area contributed by atoms with Gasteiger partial charge in [0.2, 0.25) is 11.7 Å². The smallest absolute Gasteiger partial charge is 0.252 e. The van der Waals surface area contributed by atoms with E-state index in [-0.39, 0.29) is 6.04 Å². The molecular weight excluding hydrogens is 384 g/mol. The Labute approximate surface area is 162 Å². The van der Waals surface area contributed by atoms with Crippen molar-refractivity contribution in [2.75, 3.05) is 26.2 Å². The monoisotopic (exact) mass is 404 g/mol. The molecule has 1 saturated heterocycles. The molecule has 3 heterocycles. The van der Waals surface area contributed by atoms with E-state index in [1.54, 1.807) is 21.8 Å². The number of rotatable bonds is 5. The van der Waals surface area contributed by atoms with Gasteiger partial charge in [0.25, 0.3) is 10.0 Å². The molecule has 0 saturated carbocycles. The van der Waals surface area contributed by atoms with E-state index in [0.717, 1.165) is 5.56 Å². The fourth-order valence-electron chi connectivity index (χ4n) is 3.13. The number of hydrogen-bond acceptors (Lipinski definition) is 7. The molecule has 3 aromatic rings. The van der Waals surface area contributed by atoms with Crippen LogP contribution >= 0.6 is 11.3 Å². The Hall–Kier alpha value is -2.07. The summed E-state index contributed by atoms with van der Waals surface area (Å²) < 4.78 is 32.7. The number of sulfonamides is 1. The van der Waals surface area contributed by atoms with Gasteiger partial charge in [0.1, 0.15) is 4.21 Å². The summed E-state index contributed by atoms with van der Waals surface area (Å²) in [5.74, 6) is 1.11. The van der Waals surface area contributed by atoms with E-state index in [9.17, 15) is 8.42 Å². The fourth-order valence-corrected chi connectivity index (χ4v) is 5.70. The first-order valence-corrected chi connectivity index (χ1v) is 11.0. The topological polar surface area (TPSA) is 79.5 Å². The minimum absolute atomic E-state index is 0.0680. The predicted molar refractivity (Wildman–Crippen MR) is 103 cm³/mol. The van der Waals surface area contributed by atoms with Crippen LogP contribution in [0, 0.1) is 0 Å².